The normalized spacial score (nSPS) is 15.1. The average Bonchev–Trinajstić information content (AvgIpc) is 2.52. The SMILES string of the molecule is CCC(=O)N1CCN(C(=O)CCc2cccc(C)c2)CC1. The molecule has 21 heavy (non-hydrogen) atoms. The Morgan fingerprint density at radius 3 is 2.24 bits per heavy atom. The first-order valence-corrected chi connectivity index (χ1v) is 7.71. The van der Waals surface area contributed by atoms with Crippen LogP contribution < -0.4 is 0 Å². The molecule has 0 unspecified atom stereocenters. The van der Waals surface area contributed by atoms with E-state index in [1.165, 1.54) is 11.1 Å². The summed E-state index contributed by atoms with van der Waals surface area (Å²) in [5.74, 6) is 0.377. The number of benzene rings is 1. The molecule has 1 fully saturated rings. The third kappa shape index (κ3) is 4.31. The molecular formula is C17H24N2O2. The van der Waals surface area contributed by atoms with Crippen LogP contribution in [0, 0.1) is 6.92 Å². The molecule has 0 atom stereocenters. The molecule has 1 saturated heterocycles. The zero-order chi connectivity index (χ0) is 15.2. The lowest BCUT2D eigenvalue weighted by Crippen LogP contribution is -2.50. The summed E-state index contributed by atoms with van der Waals surface area (Å²) < 4.78 is 0. The van der Waals surface area contributed by atoms with Crippen molar-refractivity contribution in [3.63, 3.8) is 0 Å². The van der Waals surface area contributed by atoms with Crippen LogP contribution in [0.5, 0.6) is 0 Å². The van der Waals surface area contributed by atoms with Crippen LogP contribution in [0.3, 0.4) is 0 Å². The van der Waals surface area contributed by atoms with Crippen molar-refractivity contribution in [3.8, 4) is 0 Å². The quantitative estimate of drug-likeness (QED) is 0.850. The van der Waals surface area contributed by atoms with Gasteiger partial charge in [-0.15, -0.1) is 0 Å². The monoisotopic (exact) mass is 288 g/mol. The Morgan fingerprint density at radius 1 is 1.05 bits per heavy atom. The van der Waals surface area contributed by atoms with Gasteiger partial charge in [0.2, 0.25) is 11.8 Å². The molecule has 0 spiro atoms. The van der Waals surface area contributed by atoms with Gasteiger partial charge in [0, 0.05) is 39.0 Å². The fourth-order valence-corrected chi connectivity index (χ4v) is 2.71. The molecule has 1 heterocycles. The predicted molar refractivity (Wildman–Crippen MR) is 83.0 cm³/mol. The molecule has 1 aromatic carbocycles. The highest BCUT2D eigenvalue weighted by Crippen LogP contribution is 2.10. The summed E-state index contributed by atoms with van der Waals surface area (Å²) >= 11 is 0. The van der Waals surface area contributed by atoms with E-state index in [4.69, 9.17) is 0 Å². The van der Waals surface area contributed by atoms with E-state index in [2.05, 4.69) is 25.1 Å². The van der Waals surface area contributed by atoms with E-state index >= 15 is 0 Å². The van der Waals surface area contributed by atoms with E-state index in [0.717, 1.165) is 6.42 Å². The van der Waals surface area contributed by atoms with Crippen LogP contribution in [0.25, 0.3) is 0 Å². The van der Waals surface area contributed by atoms with Gasteiger partial charge in [-0.2, -0.15) is 0 Å². The van der Waals surface area contributed by atoms with Crippen molar-refractivity contribution in [3.05, 3.63) is 35.4 Å². The van der Waals surface area contributed by atoms with Crippen LogP contribution in [-0.2, 0) is 16.0 Å². The molecule has 4 heteroatoms. The van der Waals surface area contributed by atoms with Gasteiger partial charge < -0.3 is 9.80 Å². The molecule has 1 aliphatic heterocycles. The number of amides is 2. The summed E-state index contributed by atoms with van der Waals surface area (Å²) in [6.45, 7) is 6.61. The molecule has 0 aromatic heterocycles. The van der Waals surface area contributed by atoms with Crippen molar-refractivity contribution >= 4 is 11.8 Å². The third-order valence-corrected chi connectivity index (χ3v) is 4.00. The van der Waals surface area contributed by atoms with Crippen LogP contribution >= 0.6 is 0 Å². The molecule has 114 valence electrons. The maximum Gasteiger partial charge on any atom is 0.223 e. The number of hydrogen-bond acceptors (Lipinski definition) is 2. The molecule has 0 radical (unpaired) electrons. The van der Waals surface area contributed by atoms with Gasteiger partial charge >= 0.3 is 0 Å². The van der Waals surface area contributed by atoms with Gasteiger partial charge in [-0.25, -0.2) is 0 Å². The second kappa shape index (κ2) is 7.25. The molecule has 0 N–H and O–H groups in total. The molecule has 0 aliphatic carbocycles. The molecule has 4 nitrogen and oxygen atoms in total. The number of hydrogen-bond donors (Lipinski definition) is 0. The number of aryl methyl sites for hydroxylation is 2. The molecule has 0 saturated carbocycles. The van der Waals surface area contributed by atoms with Gasteiger partial charge in [0.25, 0.3) is 0 Å². The second-order valence-electron chi connectivity index (χ2n) is 5.60. The Kier molecular flexibility index (Phi) is 5.37. The van der Waals surface area contributed by atoms with E-state index in [0.29, 0.717) is 39.0 Å². The highest BCUT2D eigenvalue weighted by Gasteiger charge is 2.22. The van der Waals surface area contributed by atoms with E-state index in [-0.39, 0.29) is 11.8 Å². The fraction of sp³-hybridized carbons (Fsp3) is 0.529. The standard InChI is InChI=1S/C17H24N2O2/c1-3-16(20)18-9-11-19(12-10-18)17(21)8-7-15-6-4-5-14(2)13-15/h4-6,13H,3,7-12H2,1-2H3. The maximum absolute atomic E-state index is 12.2. The van der Waals surface area contributed by atoms with Crippen molar-refractivity contribution in [1.82, 2.24) is 9.80 Å². The first kappa shape index (κ1) is 15.5. The average molecular weight is 288 g/mol. The maximum atomic E-state index is 12.2. The summed E-state index contributed by atoms with van der Waals surface area (Å²) in [5.41, 5.74) is 2.44. The lowest BCUT2D eigenvalue weighted by atomic mass is 10.1. The number of piperazine rings is 1. The molecule has 1 aromatic rings. The minimum absolute atomic E-state index is 0.182. The van der Waals surface area contributed by atoms with Crippen LogP contribution in [-0.4, -0.2) is 47.8 Å². The first-order chi connectivity index (χ1) is 10.1. The van der Waals surface area contributed by atoms with Gasteiger partial charge in [-0.3, -0.25) is 9.59 Å². The van der Waals surface area contributed by atoms with Crippen molar-refractivity contribution in [2.75, 3.05) is 26.2 Å². The van der Waals surface area contributed by atoms with Gasteiger partial charge in [-0.1, -0.05) is 36.8 Å². The molecule has 2 amide bonds. The largest absolute Gasteiger partial charge is 0.339 e. The van der Waals surface area contributed by atoms with Gasteiger partial charge in [0.15, 0.2) is 0 Å². The van der Waals surface area contributed by atoms with Crippen LogP contribution in [0.4, 0.5) is 0 Å². The van der Waals surface area contributed by atoms with E-state index in [1.54, 1.807) is 0 Å². The zero-order valence-electron chi connectivity index (χ0n) is 13.0. The summed E-state index contributed by atoms with van der Waals surface area (Å²) in [4.78, 5) is 27.6. The summed E-state index contributed by atoms with van der Waals surface area (Å²) in [6, 6.07) is 8.29. The summed E-state index contributed by atoms with van der Waals surface area (Å²) in [6.07, 6.45) is 1.88. The third-order valence-electron chi connectivity index (χ3n) is 4.00. The predicted octanol–water partition coefficient (Wildman–Crippen LogP) is 2.01. The van der Waals surface area contributed by atoms with E-state index < -0.39 is 0 Å². The van der Waals surface area contributed by atoms with Gasteiger partial charge in [0.05, 0.1) is 0 Å². The lowest BCUT2D eigenvalue weighted by molar-refractivity contribution is -0.139. The van der Waals surface area contributed by atoms with E-state index in [1.807, 2.05) is 22.8 Å². The summed E-state index contributed by atoms with van der Waals surface area (Å²) in [5, 5.41) is 0. The van der Waals surface area contributed by atoms with Gasteiger partial charge in [0.1, 0.15) is 0 Å². The van der Waals surface area contributed by atoms with Crippen LogP contribution in [0.15, 0.2) is 24.3 Å². The Balaban J connectivity index is 1.78. The Labute approximate surface area is 126 Å². The second-order valence-corrected chi connectivity index (χ2v) is 5.60. The molecule has 2 rings (SSSR count). The van der Waals surface area contributed by atoms with Crippen molar-refractivity contribution in [2.24, 2.45) is 0 Å². The summed E-state index contributed by atoms with van der Waals surface area (Å²) in [7, 11) is 0. The van der Waals surface area contributed by atoms with Crippen molar-refractivity contribution in [1.29, 1.82) is 0 Å². The van der Waals surface area contributed by atoms with Crippen LogP contribution in [0.2, 0.25) is 0 Å². The highest BCUT2D eigenvalue weighted by molar-refractivity contribution is 5.78. The number of rotatable bonds is 4. The lowest BCUT2D eigenvalue weighted by Gasteiger charge is -2.34. The highest BCUT2D eigenvalue weighted by atomic mass is 16.2. The van der Waals surface area contributed by atoms with Crippen LogP contribution in [0.1, 0.15) is 30.9 Å². The zero-order valence-corrected chi connectivity index (χ0v) is 13.0. The number of carbonyl (C=O) groups excluding carboxylic acids is 2. The smallest absolute Gasteiger partial charge is 0.223 e. The number of carbonyl (C=O) groups is 2. The first-order valence-electron chi connectivity index (χ1n) is 7.71. The number of nitrogens with zero attached hydrogens (tertiary/aromatic N) is 2. The molecular weight excluding hydrogens is 264 g/mol. The van der Waals surface area contributed by atoms with Crippen molar-refractivity contribution in [2.45, 2.75) is 33.1 Å². The Morgan fingerprint density at radius 2 is 1.67 bits per heavy atom. The van der Waals surface area contributed by atoms with Gasteiger partial charge in [-0.05, 0) is 18.9 Å². The Hall–Kier alpha value is -1.84. The minimum Gasteiger partial charge on any atom is -0.339 e. The molecule has 0 bridgehead atoms. The minimum atomic E-state index is 0.182. The Bertz CT molecular complexity index is 505. The fourth-order valence-electron chi connectivity index (χ4n) is 2.71. The molecule has 1 aliphatic rings. The topological polar surface area (TPSA) is 40.6 Å². The van der Waals surface area contributed by atoms with Crippen molar-refractivity contribution < 1.29 is 9.59 Å². The van der Waals surface area contributed by atoms with E-state index in [9.17, 15) is 9.59 Å².